The Kier molecular flexibility index (Phi) is 6.93. The Labute approximate surface area is 206 Å². The molecule has 1 aliphatic heterocycles. The highest BCUT2D eigenvalue weighted by molar-refractivity contribution is 7.92. The first-order valence-corrected chi connectivity index (χ1v) is 12.1. The van der Waals surface area contributed by atoms with Gasteiger partial charge < -0.3 is 14.8 Å². The fraction of sp³-hybridized carbons (Fsp3) is 0.167. The Morgan fingerprint density at radius 1 is 1.26 bits per heavy atom. The van der Waals surface area contributed by atoms with Gasteiger partial charge in [-0.2, -0.15) is 5.26 Å². The van der Waals surface area contributed by atoms with Crippen LogP contribution < -0.4 is 14.4 Å². The minimum Gasteiger partial charge on any atom is -0.484 e. The lowest BCUT2D eigenvalue weighted by Crippen LogP contribution is -2.45. The highest BCUT2D eigenvalue weighted by atomic mass is 35.5. The first-order valence-electron chi connectivity index (χ1n) is 10.3. The Hall–Kier alpha value is -3.65. The number of hydrogen-bond acceptors (Lipinski definition) is 6. The van der Waals surface area contributed by atoms with Gasteiger partial charge in [-0.1, -0.05) is 23.7 Å². The van der Waals surface area contributed by atoms with Crippen LogP contribution in [0.4, 0.5) is 15.8 Å². The van der Waals surface area contributed by atoms with E-state index in [9.17, 15) is 22.9 Å². The van der Waals surface area contributed by atoms with E-state index in [2.05, 4.69) is 5.32 Å². The molecule has 1 atom stereocenters. The molecule has 0 bridgehead atoms. The summed E-state index contributed by atoms with van der Waals surface area (Å²) in [5, 5.41) is 11.7. The van der Waals surface area contributed by atoms with Crippen LogP contribution in [0.5, 0.6) is 5.75 Å². The molecule has 0 saturated heterocycles. The van der Waals surface area contributed by atoms with E-state index < -0.39 is 27.9 Å². The van der Waals surface area contributed by atoms with Gasteiger partial charge in [-0.25, -0.2) is 12.8 Å². The van der Waals surface area contributed by atoms with Crippen LogP contribution in [-0.4, -0.2) is 40.7 Å². The van der Waals surface area contributed by atoms with E-state index in [0.717, 1.165) is 10.4 Å². The van der Waals surface area contributed by atoms with Gasteiger partial charge in [0.1, 0.15) is 17.7 Å². The Morgan fingerprint density at radius 2 is 2.03 bits per heavy atom. The molecule has 3 aromatic rings. The molecule has 1 heterocycles. The van der Waals surface area contributed by atoms with Crippen molar-refractivity contribution < 1.29 is 27.1 Å². The van der Waals surface area contributed by atoms with Crippen LogP contribution in [0.15, 0.2) is 65.6 Å². The van der Waals surface area contributed by atoms with Gasteiger partial charge >= 0.3 is 0 Å². The minimum atomic E-state index is -4.12. The van der Waals surface area contributed by atoms with Crippen LogP contribution in [0.3, 0.4) is 0 Å². The van der Waals surface area contributed by atoms with Crippen molar-refractivity contribution in [2.45, 2.75) is 11.0 Å². The summed E-state index contributed by atoms with van der Waals surface area (Å²) in [5.41, 5.74) is 0.224. The summed E-state index contributed by atoms with van der Waals surface area (Å²) < 4.78 is 53.5. The first-order chi connectivity index (χ1) is 16.7. The second-order valence-electron chi connectivity index (χ2n) is 7.60. The van der Waals surface area contributed by atoms with Gasteiger partial charge in [0.05, 0.1) is 46.0 Å². The van der Waals surface area contributed by atoms with Crippen molar-refractivity contribution in [3.63, 3.8) is 0 Å². The number of sulfonamides is 1. The van der Waals surface area contributed by atoms with Crippen LogP contribution in [-0.2, 0) is 14.8 Å². The van der Waals surface area contributed by atoms with E-state index in [4.69, 9.17) is 21.1 Å². The summed E-state index contributed by atoms with van der Waals surface area (Å²) in [6.07, 6.45) is -0.598. The molecule has 1 aliphatic rings. The number of carbonyl (C=O) groups is 1. The largest absolute Gasteiger partial charge is 0.484 e. The van der Waals surface area contributed by atoms with Crippen LogP contribution in [0.1, 0.15) is 15.9 Å². The molecule has 35 heavy (non-hydrogen) atoms. The van der Waals surface area contributed by atoms with Crippen molar-refractivity contribution in [2.24, 2.45) is 0 Å². The summed E-state index contributed by atoms with van der Waals surface area (Å²) in [6, 6.07) is 15.9. The lowest BCUT2D eigenvalue weighted by atomic mass is 10.1. The topological polar surface area (TPSA) is 109 Å². The number of carbonyl (C=O) groups excluding carboxylic acids is 1. The Morgan fingerprint density at radius 3 is 2.74 bits per heavy atom. The Balaban J connectivity index is 1.74. The number of halogens is 2. The second-order valence-corrected chi connectivity index (χ2v) is 9.87. The lowest BCUT2D eigenvalue weighted by Gasteiger charge is -2.35. The van der Waals surface area contributed by atoms with Gasteiger partial charge in [-0.15, -0.1) is 0 Å². The standard InChI is InChI=1S/C24H19ClFN3O5S/c1-33-14-17-13-29(35(31,32)18-5-2-4-15(10-18)12-27)21-11-16(8-9-22(21)34-17)28-24(30)23-19(25)6-3-7-20(23)26/h2-11,17H,13-14H2,1H3,(H,28,30). The van der Waals surface area contributed by atoms with Crippen LogP contribution in [0.2, 0.25) is 5.02 Å². The zero-order chi connectivity index (χ0) is 25.2. The Bertz CT molecular complexity index is 1420. The molecule has 0 radical (unpaired) electrons. The molecular formula is C24H19ClFN3O5S. The van der Waals surface area contributed by atoms with E-state index in [0.29, 0.717) is 0 Å². The number of hydrogen-bond donors (Lipinski definition) is 1. The fourth-order valence-corrected chi connectivity index (χ4v) is 5.45. The summed E-state index contributed by atoms with van der Waals surface area (Å²) in [4.78, 5) is 12.6. The summed E-state index contributed by atoms with van der Waals surface area (Å²) in [5.74, 6) is -1.33. The molecule has 4 rings (SSSR count). The number of nitrogens with zero attached hydrogens (tertiary/aromatic N) is 2. The van der Waals surface area contributed by atoms with Gasteiger partial charge in [0.15, 0.2) is 0 Å². The summed E-state index contributed by atoms with van der Waals surface area (Å²) in [6.45, 7) is 0.0600. The van der Waals surface area contributed by atoms with Crippen LogP contribution >= 0.6 is 11.6 Å². The van der Waals surface area contributed by atoms with E-state index in [1.807, 2.05) is 6.07 Å². The fourth-order valence-electron chi connectivity index (χ4n) is 3.65. The lowest BCUT2D eigenvalue weighted by molar-refractivity contribution is 0.0820. The van der Waals surface area contributed by atoms with Gasteiger partial charge in [0.2, 0.25) is 0 Å². The average molecular weight is 516 g/mol. The quantitative estimate of drug-likeness (QED) is 0.527. The molecule has 1 unspecified atom stereocenters. The maximum absolute atomic E-state index is 14.2. The number of ether oxygens (including phenoxy) is 2. The molecule has 180 valence electrons. The van der Waals surface area contributed by atoms with Gasteiger partial charge in [-0.05, 0) is 48.5 Å². The van der Waals surface area contributed by atoms with Gasteiger partial charge in [-0.3, -0.25) is 9.10 Å². The molecule has 0 spiro atoms. The molecule has 1 N–H and O–H groups in total. The molecule has 11 heteroatoms. The third-order valence-electron chi connectivity index (χ3n) is 5.24. The van der Waals surface area contributed by atoms with Crippen molar-refractivity contribution >= 4 is 38.9 Å². The number of amides is 1. The van der Waals surface area contributed by atoms with Crippen LogP contribution in [0.25, 0.3) is 0 Å². The molecule has 0 saturated carbocycles. The molecule has 1 amide bonds. The van der Waals surface area contributed by atoms with Crippen molar-refractivity contribution in [2.75, 3.05) is 29.9 Å². The predicted molar refractivity (Wildman–Crippen MR) is 128 cm³/mol. The molecule has 0 fully saturated rings. The number of benzene rings is 3. The summed E-state index contributed by atoms with van der Waals surface area (Å²) >= 11 is 5.98. The van der Waals surface area contributed by atoms with Gasteiger partial charge in [0.25, 0.3) is 15.9 Å². The third kappa shape index (κ3) is 4.93. The van der Waals surface area contributed by atoms with Crippen LogP contribution in [0, 0.1) is 17.1 Å². The number of methoxy groups -OCH3 is 1. The van der Waals surface area contributed by atoms with Crippen molar-refractivity contribution in [3.8, 4) is 11.8 Å². The average Bonchev–Trinajstić information content (AvgIpc) is 2.84. The second kappa shape index (κ2) is 9.92. The number of fused-ring (bicyclic) bond motifs is 1. The van der Waals surface area contributed by atoms with E-state index >= 15 is 0 Å². The first kappa shape index (κ1) is 24.5. The number of nitrogens with one attached hydrogen (secondary N) is 1. The molecule has 0 aromatic heterocycles. The molecular weight excluding hydrogens is 497 g/mol. The highest BCUT2D eigenvalue weighted by Gasteiger charge is 2.35. The van der Waals surface area contributed by atoms with E-state index in [1.54, 1.807) is 0 Å². The molecule has 8 nitrogen and oxygen atoms in total. The van der Waals surface area contributed by atoms with E-state index in [1.165, 1.54) is 61.7 Å². The van der Waals surface area contributed by atoms with E-state index in [-0.39, 0.29) is 51.3 Å². The third-order valence-corrected chi connectivity index (χ3v) is 7.33. The van der Waals surface area contributed by atoms with Crippen molar-refractivity contribution in [1.29, 1.82) is 5.26 Å². The number of nitriles is 1. The number of anilines is 2. The normalized spacial score (nSPS) is 15.0. The van der Waals surface area contributed by atoms with Crippen molar-refractivity contribution in [3.05, 3.63) is 82.6 Å². The molecule has 3 aromatic carbocycles. The maximum atomic E-state index is 14.2. The number of rotatable bonds is 6. The highest BCUT2D eigenvalue weighted by Crippen LogP contribution is 2.39. The zero-order valence-electron chi connectivity index (χ0n) is 18.4. The maximum Gasteiger partial charge on any atom is 0.264 e. The molecule has 0 aliphatic carbocycles. The van der Waals surface area contributed by atoms with Crippen molar-refractivity contribution in [1.82, 2.24) is 0 Å². The predicted octanol–water partition coefficient (Wildman–Crippen LogP) is 4.21. The monoisotopic (exact) mass is 515 g/mol. The smallest absolute Gasteiger partial charge is 0.264 e. The minimum absolute atomic E-state index is 0.0622. The zero-order valence-corrected chi connectivity index (χ0v) is 19.9. The van der Waals surface area contributed by atoms with Gasteiger partial charge in [0, 0.05) is 12.8 Å². The summed E-state index contributed by atoms with van der Waals surface area (Å²) in [7, 11) is -2.64. The SMILES string of the molecule is COCC1CN(S(=O)(=O)c2cccc(C#N)c2)c2cc(NC(=O)c3c(F)cccc3Cl)ccc2O1.